The highest BCUT2D eigenvalue weighted by Gasteiger charge is 2.23. The number of hydrogen-bond acceptors (Lipinski definition) is 3. The summed E-state index contributed by atoms with van der Waals surface area (Å²) in [7, 11) is 3.18. The van der Waals surface area contributed by atoms with Gasteiger partial charge in [-0.1, -0.05) is 20.8 Å². The van der Waals surface area contributed by atoms with E-state index in [1.165, 1.54) is 7.11 Å². The fourth-order valence-electron chi connectivity index (χ4n) is 1.06. The number of esters is 1. The van der Waals surface area contributed by atoms with Gasteiger partial charge in [-0.15, -0.1) is 12.4 Å². The normalized spacial score (nSPS) is 13.0. The van der Waals surface area contributed by atoms with Gasteiger partial charge < -0.3 is 10.1 Å². The van der Waals surface area contributed by atoms with E-state index in [4.69, 9.17) is 0 Å². The molecule has 0 bridgehead atoms. The van der Waals surface area contributed by atoms with Crippen molar-refractivity contribution in [3.05, 3.63) is 0 Å². The molecule has 0 aromatic rings. The molecule has 0 rings (SSSR count). The number of rotatable bonds is 3. The number of carbonyl (C=O) groups excluding carboxylic acids is 1. The van der Waals surface area contributed by atoms with Gasteiger partial charge in [0, 0.05) is 0 Å². The summed E-state index contributed by atoms with van der Waals surface area (Å²) in [5.41, 5.74) is 0.141. The van der Waals surface area contributed by atoms with E-state index in [-0.39, 0.29) is 29.8 Å². The lowest BCUT2D eigenvalue weighted by Gasteiger charge is -2.23. The van der Waals surface area contributed by atoms with Crippen molar-refractivity contribution in [2.45, 2.75) is 33.2 Å². The molecular formula is C9H20ClNO2. The van der Waals surface area contributed by atoms with Crippen LogP contribution in [0.4, 0.5) is 0 Å². The molecule has 1 N–H and O–H groups in total. The van der Waals surface area contributed by atoms with Crippen molar-refractivity contribution < 1.29 is 9.53 Å². The number of ether oxygens (including phenoxy) is 1. The van der Waals surface area contributed by atoms with Crippen LogP contribution < -0.4 is 5.32 Å². The number of nitrogens with one attached hydrogen (secondary N) is 1. The highest BCUT2D eigenvalue weighted by Crippen LogP contribution is 2.20. The first-order valence-electron chi connectivity index (χ1n) is 4.16. The monoisotopic (exact) mass is 209 g/mol. The van der Waals surface area contributed by atoms with Crippen molar-refractivity contribution in [1.29, 1.82) is 0 Å². The minimum atomic E-state index is -0.188. The zero-order valence-corrected chi connectivity index (χ0v) is 9.83. The molecule has 0 aliphatic carbocycles. The number of carbonyl (C=O) groups is 1. The molecule has 0 radical (unpaired) electrons. The Morgan fingerprint density at radius 3 is 2.15 bits per heavy atom. The van der Waals surface area contributed by atoms with Gasteiger partial charge in [0.1, 0.15) is 6.04 Å². The Bertz CT molecular complexity index is 154. The minimum absolute atomic E-state index is 0. The molecule has 0 saturated heterocycles. The third kappa shape index (κ3) is 6.84. The molecule has 0 aromatic carbocycles. The van der Waals surface area contributed by atoms with Crippen molar-refractivity contribution in [3.8, 4) is 0 Å². The molecule has 13 heavy (non-hydrogen) atoms. The van der Waals surface area contributed by atoms with Crippen LogP contribution >= 0.6 is 12.4 Å². The van der Waals surface area contributed by atoms with Crippen LogP contribution in [0.5, 0.6) is 0 Å². The smallest absolute Gasteiger partial charge is 0.322 e. The molecule has 0 unspecified atom stereocenters. The molecule has 80 valence electrons. The van der Waals surface area contributed by atoms with E-state index < -0.39 is 0 Å². The van der Waals surface area contributed by atoms with E-state index in [1.807, 2.05) is 0 Å². The molecule has 0 aliphatic rings. The average molecular weight is 210 g/mol. The van der Waals surface area contributed by atoms with Gasteiger partial charge in [0.05, 0.1) is 7.11 Å². The molecule has 0 amide bonds. The van der Waals surface area contributed by atoms with E-state index in [9.17, 15) is 4.79 Å². The zero-order chi connectivity index (χ0) is 9.78. The quantitative estimate of drug-likeness (QED) is 0.718. The van der Waals surface area contributed by atoms with Crippen LogP contribution in [0, 0.1) is 5.41 Å². The Hall–Kier alpha value is -0.280. The summed E-state index contributed by atoms with van der Waals surface area (Å²) in [4.78, 5) is 11.1. The van der Waals surface area contributed by atoms with E-state index in [0.717, 1.165) is 6.42 Å². The summed E-state index contributed by atoms with van der Waals surface area (Å²) >= 11 is 0. The Kier molecular flexibility index (Phi) is 7.27. The Morgan fingerprint density at radius 1 is 1.46 bits per heavy atom. The lowest BCUT2D eigenvalue weighted by Crippen LogP contribution is -2.38. The molecule has 0 spiro atoms. The molecule has 3 nitrogen and oxygen atoms in total. The van der Waals surface area contributed by atoms with Gasteiger partial charge in [0.2, 0.25) is 0 Å². The maximum Gasteiger partial charge on any atom is 0.322 e. The third-order valence-corrected chi connectivity index (χ3v) is 1.65. The number of methoxy groups -OCH3 is 1. The summed E-state index contributed by atoms with van der Waals surface area (Å²) in [5.74, 6) is -0.188. The fourth-order valence-corrected chi connectivity index (χ4v) is 1.06. The Morgan fingerprint density at radius 2 is 1.92 bits per heavy atom. The summed E-state index contributed by atoms with van der Waals surface area (Å²) in [5, 5.41) is 2.93. The van der Waals surface area contributed by atoms with E-state index in [1.54, 1.807) is 7.05 Å². The highest BCUT2D eigenvalue weighted by molar-refractivity contribution is 5.85. The van der Waals surface area contributed by atoms with Crippen LogP contribution in [0.2, 0.25) is 0 Å². The molecule has 0 aliphatic heterocycles. The van der Waals surface area contributed by atoms with Gasteiger partial charge >= 0.3 is 5.97 Å². The first-order valence-corrected chi connectivity index (χ1v) is 4.16. The van der Waals surface area contributed by atoms with Gasteiger partial charge in [0.15, 0.2) is 0 Å². The highest BCUT2D eigenvalue weighted by atomic mass is 35.5. The molecule has 1 atom stereocenters. The van der Waals surface area contributed by atoms with Crippen molar-refractivity contribution >= 4 is 18.4 Å². The largest absolute Gasteiger partial charge is 0.468 e. The van der Waals surface area contributed by atoms with Crippen LogP contribution in [0.1, 0.15) is 27.2 Å². The molecule has 0 fully saturated rings. The Labute approximate surface area is 86.6 Å². The molecule has 4 heteroatoms. The van der Waals surface area contributed by atoms with Crippen LogP contribution in [0.15, 0.2) is 0 Å². The fraction of sp³-hybridized carbons (Fsp3) is 0.889. The SMILES string of the molecule is CN[C@@H](CC(C)(C)C)C(=O)OC.Cl. The second-order valence-electron chi connectivity index (χ2n) is 4.13. The van der Waals surface area contributed by atoms with Crippen molar-refractivity contribution in [3.63, 3.8) is 0 Å². The van der Waals surface area contributed by atoms with Crippen molar-refractivity contribution in [2.24, 2.45) is 5.41 Å². The van der Waals surface area contributed by atoms with Gasteiger partial charge in [-0.25, -0.2) is 0 Å². The predicted molar refractivity (Wildman–Crippen MR) is 56.2 cm³/mol. The van der Waals surface area contributed by atoms with E-state index in [0.29, 0.717) is 0 Å². The predicted octanol–water partition coefficient (Wildman–Crippen LogP) is 1.61. The average Bonchev–Trinajstić information content (AvgIpc) is 1.97. The minimum Gasteiger partial charge on any atom is -0.468 e. The second-order valence-corrected chi connectivity index (χ2v) is 4.13. The number of hydrogen-bond donors (Lipinski definition) is 1. The standard InChI is InChI=1S/C9H19NO2.ClH/c1-9(2,3)6-7(10-4)8(11)12-5;/h7,10H,6H2,1-5H3;1H/t7-;/m0./s1. The molecular weight excluding hydrogens is 190 g/mol. The van der Waals surface area contributed by atoms with E-state index in [2.05, 4.69) is 30.8 Å². The maximum absolute atomic E-state index is 11.1. The van der Waals surface area contributed by atoms with Gasteiger partial charge in [-0.05, 0) is 18.9 Å². The molecule has 0 aromatic heterocycles. The number of likely N-dealkylation sites (N-methyl/N-ethyl adjacent to an activating group) is 1. The van der Waals surface area contributed by atoms with Crippen LogP contribution in [0.3, 0.4) is 0 Å². The summed E-state index contributed by atoms with van der Waals surface area (Å²) < 4.78 is 4.65. The third-order valence-electron chi connectivity index (χ3n) is 1.65. The Balaban J connectivity index is 0. The second kappa shape index (κ2) is 6.22. The van der Waals surface area contributed by atoms with Crippen molar-refractivity contribution in [1.82, 2.24) is 5.32 Å². The van der Waals surface area contributed by atoms with Gasteiger partial charge in [0.25, 0.3) is 0 Å². The number of halogens is 1. The first kappa shape index (κ1) is 15.2. The van der Waals surface area contributed by atoms with E-state index >= 15 is 0 Å². The summed E-state index contributed by atoms with van der Waals surface area (Å²) in [6.07, 6.45) is 0.788. The molecule has 0 saturated carbocycles. The topological polar surface area (TPSA) is 38.3 Å². The van der Waals surface area contributed by atoms with Gasteiger partial charge in [-0.2, -0.15) is 0 Å². The first-order chi connectivity index (χ1) is 5.40. The lowest BCUT2D eigenvalue weighted by molar-refractivity contribution is -0.143. The maximum atomic E-state index is 11.1. The van der Waals surface area contributed by atoms with Crippen LogP contribution in [-0.4, -0.2) is 26.2 Å². The summed E-state index contributed by atoms with van der Waals surface area (Å²) in [6.45, 7) is 6.29. The zero-order valence-electron chi connectivity index (χ0n) is 9.01. The van der Waals surface area contributed by atoms with Crippen LogP contribution in [-0.2, 0) is 9.53 Å². The van der Waals surface area contributed by atoms with Crippen LogP contribution in [0.25, 0.3) is 0 Å². The van der Waals surface area contributed by atoms with Crippen molar-refractivity contribution in [2.75, 3.05) is 14.2 Å². The lowest BCUT2D eigenvalue weighted by atomic mass is 9.88. The summed E-state index contributed by atoms with van der Waals surface area (Å²) in [6, 6.07) is -0.185. The molecule has 0 heterocycles. The van der Waals surface area contributed by atoms with Gasteiger partial charge in [-0.3, -0.25) is 4.79 Å².